The van der Waals surface area contributed by atoms with Crippen molar-refractivity contribution >= 4 is 46.8 Å². The highest BCUT2D eigenvalue weighted by Crippen LogP contribution is 2.65. The number of thioether (sulfide) groups is 1. The molecule has 37 heavy (non-hydrogen) atoms. The van der Waals surface area contributed by atoms with E-state index in [9.17, 15) is 19.5 Å². The van der Waals surface area contributed by atoms with Crippen LogP contribution in [0.1, 0.15) is 31.7 Å². The van der Waals surface area contributed by atoms with Gasteiger partial charge in [-0.25, -0.2) is 0 Å². The van der Waals surface area contributed by atoms with Crippen molar-refractivity contribution in [1.82, 2.24) is 9.80 Å². The van der Waals surface area contributed by atoms with E-state index >= 15 is 0 Å². The van der Waals surface area contributed by atoms with Gasteiger partial charge in [0.15, 0.2) is 0 Å². The molecule has 1 spiro atoms. The topological polar surface area (TPSA) is 81.2 Å². The minimum atomic E-state index is -0.868. The summed E-state index contributed by atoms with van der Waals surface area (Å²) in [6.45, 7) is 5.29. The first-order valence-corrected chi connectivity index (χ1v) is 14.1. The van der Waals surface area contributed by atoms with Gasteiger partial charge >= 0.3 is 0 Å². The number of likely N-dealkylation sites (tertiary alicyclic amines) is 1. The maximum Gasteiger partial charge on any atom is 0.251 e. The van der Waals surface area contributed by atoms with Crippen LogP contribution < -0.4 is 4.90 Å². The average Bonchev–Trinajstić information content (AvgIpc) is 3.12. The normalized spacial score (nSPS) is 32.9. The lowest BCUT2D eigenvalue weighted by Crippen LogP contribution is -2.53. The first-order valence-electron chi connectivity index (χ1n) is 12.9. The maximum atomic E-state index is 14.5. The molecule has 5 atom stereocenters. The van der Waals surface area contributed by atoms with E-state index in [1.54, 1.807) is 39.6 Å². The minimum Gasteiger partial charge on any atom is -0.396 e. The summed E-state index contributed by atoms with van der Waals surface area (Å²) < 4.78 is -1.48. The van der Waals surface area contributed by atoms with Crippen LogP contribution in [0.2, 0.25) is 5.02 Å². The number of carbonyl (C=O) groups excluding carboxylic acids is 3. The largest absolute Gasteiger partial charge is 0.396 e. The summed E-state index contributed by atoms with van der Waals surface area (Å²) >= 11 is 8.19. The highest BCUT2D eigenvalue weighted by atomic mass is 35.5. The SMILES string of the molecule is Cc1cccc(Cl)c1N1CC=C[C@]23S[C@@]4(C)C=CCN(C)C(=O)[C@H]4[C@H]2C(=O)N(CCCCCO)C3C1=O. The van der Waals surface area contributed by atoms with E-state index in [4.69, 9.17) is 11.6 Å². The Bertz CT molecular complexity index is 1170. The van der Waals surface area contributed by atoms with Gasteiger partial charge in [0, 0.05) is 38.0 Å². The number of carbonyl (C=O) groups is 3. The van der Waals surface area contributed by atoms with E-state index in [2.05, 4.69) is 6.08 Å². The lowest BCUT2D eigenvalue weighted by Gasteiger charge is -2.37. The van der Waals surface area contributed by atoms with E-state index in [1.165, 1.54) is 0 Å². The zero-order valence-corrected chi connectivity index (χ0v) is 23.1. The third-order valence-corrected chi connectivity index (χ3v) is 10.4. The summed E-state index contributed by atoms with van der Waals surface area (Å²) in [7, 11) is 1.77. The highest BCUT2D eigenvalue weighted by molar-refractivity contribution is 8.02. The molecular formula is C28H34ClN3O4S. The number of para-hydroxylation sites is 1. The number of amides is 3. The molecule has 4 heterocycles. The quantitative estimate of drug-likeness (QED) is 0.439. The fraction of sp³-hybridized carbons (Fsp3) is 0.536. The van der Waals surface area contributed by atoms with Gasteiger partial charge in [0.2, 0.25) is 11.8 Å². The molecule has 4 aliphatic heterocycles. The predicted molar refractivity (Wildman–Crippen MR) is 147 cm³/mol. The van der Waals surface area contributed by atoms with Crippen molar-refractivity contribution in [2.24, 2.45) is 11.8 Å². The number of anilines is 1. The fourth-order valence-electron chi connectivity index (χ4n) is 6.62. The molecule has 0 bridgehead atoms. The lowest BCUT2D eigenvalue weighted by atomic mass is 9.74. The number of halogens is 1. The molecule has 0 radical (unpaired) electrons. The Morgan fingerprint density at radius 2 is 1.78 bits per heavy atom. The number of hydrogen-bond donors (Lipinski definition) is 1. The number of benzene rings is 1. The van der Waals surface area contributed by atoms with Crippen LogP contribution in [0.4, 0.5) is 5.69 Å². The van der Waals surface area contributed by atoms with Gasteiger partial charge in [-0.2, -0.15) is 0 Å². The molecule has 1 N–H and O–H groups in total. The number of aliphatic hydroxyl groups excluding tert-OH is 1. The molecule has 4 aliphatic rings. The van der Waals surface area contributed by atoms with Crippen LogP contribution >= 0.6 is 23.4 Å². The maximum absolute atomic E-state index is 14.5. The molecule has 1 unspecified atom stereocenters. The van der Waals surface area contributed by atoms with Crippen LogP contribution in [0.5, 0.6) is 0 Å². The standard InChI is InChI=1S/C28H34ClN3O4S/c1-18-10-7-11-19(29)22(18)31-16-9-13-28-21(20-24(34)30(3)14-8-12-27(20,2)37-28)25(35)32(23(28)26(31)36)15-5-4-6-17-33/h7-13,20-21,23,33H,4-6,14-17H2,1-3H3/t20-,21+,23?,27+,28+/m1/s1. The van der Waals surface area contributed by atoms with Gasteiger partial charge in [-0.3, -0.25) is 14.4 Å². The van der Waals surface area contributed by atoms with E-state index in [1.807, 2.05) is 44.2 Å². The number of fused-ring (bicyclic) bond motifs is 2. The Morgan fingerprint density at radius 3 is 2.51 bits per heavy atom. The number of unbranched alkanes of at least 4 members (excludes halogenated alkanes) is 2. The average molecular weight is 544 g/mol. The van der Waals surface area contributed by atoms with Gasteiger partial charge < -0.3 is 19.8 Å². The number of rotatable bonds is 6. The van der Waals surface area contributed by atoms with E-state index in [0.717, 1.165) is 12.0 Å². The van der Waals surface area contributed by atoms with Crippen molar-refractivity contribution in [3.05, 3.63) is 53.1 Å². The molecule has 9 heteroatoms. The van der Waals surface area contributed by atoms with Crippen LogP contribution in [0.3, 0.4) is 0 Å². The zero-order valence-electron chi connectivity index (χ0n) is 21.5. The molecule has 2 saturated heterocycles. The smallest absolute Gasteiger partial charge is 0.251 e. The predicted octanol–water partition coefficient (Wildman–Crippen LogP) is 3.43. The molecule has 1 aromatic carbocycles. The van der Waals surface area contributed by atoms with Crippen LogP contribution in [0, 0.1) is 18.8 Å². The first kappa shape index (κ1) is 26.3. The monoisotopic (exact) mass is 543 g/mol. The Hall–Kier alpha value is -2.29. The molecule has 7 nitrogen and oxygen atoms in total. The lowest BCUT2D eigenvalue weighted by molar-refractivity contribution is -0.143. The second-order valence-corrected chi connectivity index (χ2v) is 12.9. The van der Waals surface area contributed by atoms with Crippen molar-refractivity contribution < 1.29 is 19.5 Å². The van der Waals surface area contributed by atoms with E-state index in [0.29, 0.717) is 43.2 Å². The van der Waals surface area contributed by atoms with Crippen molar-refractivity contribution in [3.8, 4) is 0 Å². The van der Waals surface area contributed by atoms with Gasteiger partial charge in [-0.05, 0) is 44.7 Å². The van der Waals surface area contributed by atoms with Gasteiger partial charge in [-0.1, -0.05) is 48.0 Å². The fourth-order valence-corrected chi connectivity index (χ4v) is 9.10. The Kier molecular flexibility index (Phi) is 6.96. The van der Waals surface area contributed by atoms with Crippen molar-refractivity contribution in [2.75, 3.05) is 38.2 Å². The summed E-state index contributed by atoms with van der Waals surface area (Å²) in [4.78, 5) is 47.5. The number of aryl methyl sites for hydroxylation is 1. The summed E-state index contributed by atoms with van der Waals surface area (Å²) in [5, 5.41) is 9.73. The highest BCUT2D eigenvalue weighted by Gasteiger charge is 2.73. The summed E-state index contributed by atoms with van der Waals surface area (Å²) in [5.74, 6) is -1.57. The summed E-state index contributed by atoms with van der Waals surface area (Å²) in [6, 6.07) is 4.81. The molecule has 3 amide bonds. The second-order valence-electron chi connectivity index (χ2n) is 10.7. The number of nitrogens with zero attached hydrogens (tertiary/aromatic N) is 3. The molecule has 2 fully saturated rings. The van der Waals surface area contributed by atoms with Gasteiger partial charge in [0.05, 0.1) is 27.3 Å². The molecule has 0 aliphatic carbocycles. The minimum absolute atomic E-state index is 0.0556. The molecule has 198 valence electrons. The third kappa shape index (κ3) is 4.03. The van der Waals surface area contributed by atoms with Crippen molar-refractivity contribution in [3.63, 3.8) is 0 Å². The van der Waals surface area contributed by atoms with E-state index < -0.39 is 27.4 Å². The van der Waals surface area contributed by atoms with Crippen molar-refractivity contribution in [2.45, 2.75) is 48.6 Å². The number of aliphatic hydroxyl groups is 1. The Labute approximate surface area is 227 Å². The molecule has 0 saturated carbocycles. The number of hydrogen-bond acceptors (Lipinski definition) is 5. The van der Waals surface area contributed by atoms with Gasteiger partial charge in [0.25, 0.3) is 5.91 Å². The summed E-state index contributed by atoms with van der Waals surface area (Å²) in [6.07, 6.45) is 10.1. The Morgan fingerprint density at radius 1 is 1.03 bits per heavy atom. The van der Waals surface area contributed by atoms with Gasteiger partial charge in [-0.15, -0.1) is 11.8 Å². The van der Waals surface area contributed by atoms with E-state index in [-0.39, 0.29) is 24.3 Å². The summed E-state index contributed by atoms with van der Waals surface area (Å²) in [5.41, 5.74) is 1.54. The van der Waals surface area contributed by atoms with Crippen LogP contribution in [-0.2, 0) is 14.4 Å². The second kappa shape index (κ2) is 9.79. The first-order chi connectivity index (χ1) is 17.7. The molecule has 1 aromatic rings. The molecular weight excluding hydrogens is 510 g/mol. The van der Waals surface area contributed by atoms with Crippen molar-refractivity contribution in [1.29, 1.82) is 0 Å². The third-order valence-electron chi connectivity index (χ3n) is 8.27. The van der Waals surface area contributed by atoms with Gasteiger partial charge in [0.1, 0.15) is 6.04 Å². The molecule has 5 rings (SSSR count). The van der Waals surface area contributed by atoms with Crippen LogP contribution in [-0.4, -0.2) is 81.5 Å². The van der Waals surface area contributed by atoms with Crippen LogP contribution in [0.15, 0.2) is 42.5 Å². The van der Waals surface area contributed by atoms with Crippen LogP contribution in [0.25, 0.3) is 0 Å². The molecule has 0 aromatic heterocycles. The number of likely N-dealkylation sites (N-methyl/N-ethyl adjacent to an activating group) is 1. The Balaban J connectivity index is 1.63. The zero-order chi connectivity index (χ0) is 26.5.